The largest absolute Gasteiger partial charge is 0.497 e. The van der Waals surface area contributed by atoms with Gasteiger partial charge in [0.1, 0.15) is 11.6 Å². The first-order valence-electron chi connectivity index (χ1n) is 9.70. The van der Waals surface area contributed by atoms with Crippen molar-refractivity contribution in [3.05, 3.63) is 72.4 Å². The molecule has 5 rings (SSSR count). The second-order valence-electron chi connectivity index (χ2n) is 7.50. The number of halogens is 1. The Morgan fingerprint density at radius 2 is 1.94 bits per heavy atom. The molecule has 0 spiro atoms. The summed E-state index contributed by atoms with van der Waals surface area (Å²) in [7, 11) is 1.53. The van der Waals surface area contributed by atoms with Crippen LogP contribution in [0.2, 0.25) is 0 Å². The number of aromatic nitrogens is 3. The lowest BCUT2D eigenvalue weighted by Gasteiger charge is -2.25. The first-order chi connectivity index (χ1) is 15.4. The summed E-state index contributed by atoms with van der Waals surface area (Å²) in [5, 5.41) is 21.3. The Bertz CT molecular complexity index is 1360. The van der Waals surface area contributed by atoms with Crippen molar-refractivity contribution in [3.8, 4) is 17.3 Å². The summed E-state index contributed by atoms with van der Waals surface area (Å²) in [4.78, 5) is 25.0. The topological polar surface area (TPSA) is 110 Å². The van der Waals surface area contributed by atoms with Crippen LogP contribution in [0.15, 0.2) is 61.1 Å². The van der Waals surface area contributed by atoms with Crippen molar-refractivity contribution in [1.82, 2.24) is 25.0 Å². The number of methoxy groups -OCH3 is 1. The van der Waals surface area contributed by atoms with E-state index in [1.165, 1.54) is 34.7 Å². The standard InChI is InChI=1S/C22H18FN5O4/c1-32-17-7-2-13-10-27(19(29)18(13)8-17)12-22(20(30)25-21(31)26-22)14-9-24-28(11-14)16-5-3-15(23)4-6-16/h2-11,29H,12H2,1H3,(H2,25,26,30,31). The predicted molar refractivity (Wildman–Crippen MR) is 112 cm³/mol. The van der Waals surface area contributed by atoms with Gasteiger partial charge in [0.2, 0.25) is 0 Å². The number of benzene rings is 2. The lowest BCUT2D eigenvalue weighted by molar-refractivity contribution is -0.124. The van der Waals surface area contributed by atoms with Crippen LogP contribution in [0.5, 0.6) is 11.6 Å². The maximum absolute atomic E-state index is 13.3. The van der Waals surface area contributed by atoms with Crippen molar-refractivity contribution in [2.75, 3.05) is 7.11 Å². The number of imide groups is 1. The van der Waals surface area contributed by atoms with Crippen LogP contribution in [0.1, 0.15) is 5.56 Å². The second-order valence-corrected chi connectivity index (χ2v) is 7.50. The minimum atomic E-state index is -1.51. The SMILES string of the molecule is COc1ccc2cn(CC3(c4cnn(-c5ccc(F)cc5)c4)NC(=O)NC3=O)c(O)c2c1. The van der Waals surface area contributed by atoms with Gasteiger partial charge >= 0.3 is 6.03 Å². The van der Waals surface area contributed by atoms with Gasteiger partial charge in [-0.3, -0.25) is 10.1 Å². The van der Waals surface area contributed by atoms with Crippen LogP contribution >= 0.6 is 0 Å². The molecule has 0 saturated carbocycles. The monoisotopic (exact) mass is 435 g/mol. The maximum Gasteiger partial charge on any atom is 0.322 e. The first-order valence-corrected chi connectivity index (χ1v) is 9.70. The number of carbonyl (C=O) groups excluding carboxylic acids is 2. The Hall–Kier alpha value is -4.34. The molecular weight excluding hydrogens is 417 g/mol. The fraction of sp³-hybridized carbons (Fsp3) is 0.136. The Morgan fingerprint density at radius 3 is 2.62 bits per heavy atom. The number of fused-ring (bicyclic) bond motifs is 1. The number of nitrogens with zero attached hydrogens (tertiary/aromatic N) is 3. The van der Waals surface area contributed by atoms with E-state index >= 15 is 0 Å². The first kappa shape index (κ1) is 19.6. The van der Waals surface area contributed by atoms with E-state index in [1.54, 1.807) is 42.7 Å². The zero-order valence-electron chi connectivity index (χ0n) is 16.9. The molecule has 2 aromatic heterocycles. The molecule has 9 nitrogen and oxygen atoms in total. The van der Waals surface area contributed by atoms with Crippen molar-refractivity contribution >= 4 is 22.7 Å². The number of aromatic hydroxyl groups is 1. The van der Waals surface area contributed by atoms with E-state index in [-0.39, 0.29) is 18.2 Å². The van der Waals surface area contributed by atoms with Crippen molar-refractivity contribution < 1.29 is 23.8 Å². The van der Waals surface area contributed by atoms with Gasteiger partial charge in [-0.2, -0.15) is 5.10 Å². The van der Waals surface area contributed by atoms with Gasteiger partial charge in [-0.15, -0.1) is 0 Å². The number of nitrogens with one attached hydrogen (secondary N) is 2. The minimum absolute atomic E-state index is 0.0712. The molecule has 32 heavy (non-hydrogen) atoms. The van der Waals surface area contributed by atoms with Gasteiger partial charge in [0.25, 0.3) is 5.91 Å². The summed E-state index contributed by atoms with van der Waals surface area (Å²) in [5.74, 6) is -0.450. The summed E-state index contributed by atoms with van der Waals surface area (Å²) in [6, 6.07) is 10.3. The summed E-state index contributed by atoms with van der Waals surface area (Å²) in [6.07, 6.45) is 4.73. The molecule has 0 aliphatic carbocycles. The zero-order chi connectivity index (χ0) is 22.5. The van der Waals surface area contributed by atoms with Crippen LogP contribution in [0, 0.1) is 5.82 Å². The highest BCUT2D eigenvalue weighted by atomic mass is 19.1. The molecule has 1 saturated heterocycles. The van der Waals surface area contributed by atoms with Gasteiger partial charge in [-0.25, -0.2) is 13.9 Å². The smallest absolute Gasteiger partial charge is 0.322 e. The predicted octanol–water partition coefficient (Wildman–Crippen LogP) is 2.42. The second kappa shape index (κ2) is 7.12. The lowest BCUT2D eigenvalue weighted by Crippen LogP contribution is -2.47. The fourth-order valence-electron chi connectivity index (χ4n) is 3.90. The van der Waals surface area contributed by atoms with E-state index in [4.69, 9.17) is 4.74 Å². The maximum atomic E-state index is 13.3. The molecule has 162 valence electrons. The van der Waals surface area contributed by atoms with Gasteiger partial charge in [0, 0.05) is 28.7 Å². The van der Waals surface area contributed by atoms with Crippen LogP contribution < -0.4 is 15.4 Å². The summed E-state index contributed by atoms with van der Waals surface area (Å²) in [5.41, 5.74) is -0.523. The highest BCUT2D eigenvalue weighted by Crippen LogP contribution is 2.35. The van der Waals surface area contributed by atoms with Gasteiger partial charge in [0.15, 0.2) is 11.4 Å². The molecule has 3 N–H and O–H groups in total. The van der Waals surface area contributed by atoms with E-state index in [0.717, 1.165) is 5.39 Å². The quantitative estimate of drug-likeness (QED) is 0.417. The van der Waals surface area contributed by atoms with E-state index < -0.39 is 17.5 Å². The molecule has 1 unspecified atom stereocenters. The summed E-state index contributed by atoms with van der Waals surface area (Å²) < 4.78 is 21.4. The number of carbonyl (C=O) groups is 2. The lowest BCUT2D eigenvalue weighted by atomic mass is 9.92. The Balaban J connectivity index is 1.58. The number of rotatable bonds is 5. The average Bonchev–Trinajstić information content (AvgIpc) is 3.46. The van der Waals surface area contributed by atoms with E-state index in [1.807, 2.05) is 0 Å². The number of hydrogen-bond acceptors (Lipinski definition) is 5. The molecule has 0 bridgehead atoms. The average molecular weight is 435 g/mol. The zero-order valence-corrected chi connectivity index (χ0v) is 16.9. The molecule has 1 fully saturated rings. The van der Waals surface area contributed by atoms with E-state index in [0.29, 0.717) is 22.4 Å². The van der Waals surface area contributed by atoms with Crippen LogP contribution in [-0.4, -0.2) is 38.5 Å². The van der Waals surface area contributed by atoms with Crippen molar-refractivity contribution in [1.29, 1.82) is 0 Å². The molecule has 1 aliphatic heterocycles. The number of ether oxygens (including phenoxy) is 1. The van der Waals surface area contributed by atoms with Crippen LogP contribution in [0.25, 0.3) is 16.5 Å². The minimum Gasteiger partial charge on any atom is -0.497 e. The fourth-order valence-corrected chi connectivity index (χ4v) is 3.90. The summed E-state index contributed by atoms with van der Waals surface area (Å²) in [6.45, 7) is -0.0808. The molecule has 2 aromatic carbocycles. The Morgan fingerprint density at radius 1 is 1.16 bits per heavy atom. The molecule has 3 heterocycles. The molecule has 0 radical (unpaired) electrons. The number of hydrogen-bond donors (Lipinski definition) is 3. The molecule has 1 aliphatic rings. The van der Waals surface area contributed by atoms with Crippen LogP contribution in [0.4, 0.5) is 9.18 Å². The molecule has 1 atom stereocenters. The third-order valence-corrected chi connectivity index (χ3v) is 5.58. The van der Waals surface area contributed by atoms with Crippen LogP contribution in [-0.2, 0) is 16.9 Å². The third-order valence-electron chi connectivity index (χ3n) is 5.58. The summed E-state index contributed by atoms with van der Waals surface area (Å²) >= 11 is 0. The Labute approximate surface area is 181 Å². The van der Waals surface area contributed by atoms with Gasteiger partial charge in [-0.1, -0.05) is 0 Å². The van der Waals surface area contributed by atoms with Gasteiger partial charge < -0.3 is 19.7 Å². The molecule has 10 heteroatoms. The van der Waals surface area contributed by atoms with E-state index in [2.05, 4.69) is 15.7 Å². The third kappa shape index (κ3) is 3.04. The van der Waals surface area contributed by atoms with Crippen molar-refractivity contribution in [2.45, 2.75) is 12.1 Å². The van der Waals surface area contributed by atoms with Gasteiger partial charge in [-0.05, 0) is 42.5 Å². The molecule has 4 aromatic rings. The van der Waals surface area contributed by atoms with E-state index in [9.17, 15) is 19.1 Å². The van der Waals surface area contributed by atoms with Gasteiger partial charge in [0.05, 0.1) is 25.5 Å². The van der Waals surface area contributed by atoms with Crippen molar-refractivity contribution in [3.63, 3.8) is 0 Å². The normalized spacial score (nSPS) is 18.1. The Kier molecular flexibility index (Phi) is 4.36. The number of amides is 3. The highest BCUT2D eigenvalue weighted by Gasteiger charge is 2.49. The molecule has 3 amide bonds. The highest BCUT2D eigenvalue weighted by molar-refractivity contribution is 6.07. The number of urea groups is 1. The van der Waals surface area contributed by atoms with Crippen molar-refractivity contribution in [2.24, 2.45) is 0 Å². The van der Waals surface area contributed by atoms with Crippen LogP contribution in [0.3, 0.4) is 0 Å². The molecular formula is C22H18FN5O4.